The molecule has 212 valence electrons. The largest absolute Gasteiger partial charge is 0.236 e. The van der Waals surface area contributed by atoms with Gasteiger partial charge >= 0.3 is 0 Å². The number of nitrogens with zero attached hydrogens (tertiary/aromatic N) is 3. The second-order valence-electron chi connectivity index (χ2n) is 10.9. The minimum Gasteiger partial charge on any atom is -0.236 e. The van der Waals surface area contributed by atoms with Crippen molar-refractivity contribution in [1.82, 2.24) is 15.0 Å². The molecule has 8 aromatic rings. The molecule has 45 heavy (non-hydrogen) atoms. The highest BCUT2D eigenvalue weighted by Crippen LogP contribution is 2.35. The third-order valence-corrected chi connectivity index (χ3v) is 9.03. The maximum Gasteiger partial charge on any atom is 0.160 e. The van der Waals surface area contributed by atoms with Crippen molar-refractivity contribution in [3.63, 3.8) is 0 Å². The lowest BCUT2D eigenvalue weighted by molar-refractivity contribution is 1.18. The van der Waals surface area contributed by atoms with Crippen LogP contribution in [0.2, 0.25) is 0 Å². The highest BCUT2D eigenvalue weighted by molar-refractivity contribution is 7.21. The summed E-state index contributed by atoms with van der Waals surface area (Å²) in [4.78, 5) is 15.1. The number of aromatic nitrogens is 3. The van der Waals surface area contributed by atoms with Crippen molar-refractivity contribution < 1.29 is 0 Å². The van der Waals surface area contributed by atoms with Crippen LogP contribution in [0, 0.1) is 0 Å². The van der Waals surface area contributed by atoms with Crippen LogP contribution in [0.4, 0.5) is 0 Å². The lowest BCUT2D eigenvalue weighted by atomic mass is 10.0. The molecule has 0 atom stereocenters. The number of hydrogen-bond donors (Lipinski definition) is 0. The number of thiazole rings is 1. The maximum absolute atomic E-state index is 5.10. The van der Waals surface area contributed by atoms with Crippen LogP contribution in [0.5, 0.6) is 0 Å². The molecular weight excluding hydrogens is 567 g/mol. The Hall–Kier alpha value is -5.71. The summed E-state index contributed by atoms with van der Waals surface area (Å²) in [6.45, 7) is 0. The zero-order valence-electron chi connectivity index (χ0n) is 24.3. The van der Waals surface area contributed by atoms with Crippen LogP contribution < -0.4 is 0 Å². The van der Waals surface area contributed by atoms with E-state index in [4.69, 9.17) is 15.0 Å². The van der Waals surface area contributed by atoms with Crippen molar-refractivity contribution in [3.8, 4) is 66.7 Å². The van der Waals surface area contributed by atoms with Crippen LogP contribution in [0.25, 0.3) is 76.9 Å². The topological polar surface area (TPSA) is 38.7 Å². The average molecular weight is 594 g/mol. The van der Waals surface area contributed by atoms with E-state index in [-0.39, 0.29) is 0 Å². The number of hydrogen-bond acceptors (Lipinski definition) is 4. The zero-order chi connectivity index (χ0) is 30.0. The van der Waals surface area contributed by atoms with E-state index in [0.717, 1.165) is 55.3 Å². The first-order valence-electron chi connectivity index (χ1n) is 14.9. The Labute approximate surface area is 266 Å². The molecule has 2 aromatic heterocycles. The van der Waals surface area contributed by atoms with Crippen LogP contribution in [-0.2, 0) is 0 Å². The van der Waals surface area contributed by atoms with Crippen LogP contribution >= 0.6 is 11.3 Å². The van der Waals surface area contributed by atoms with Crippen LogP contribution in [0.1, 0.15) is 0 Å². The van der Waals surface area contributed by atoms with E-state index in [0.29, 0.717) is 5.82 Å². The molecule has 8 rings (SSSR count). The third kappa shape index (κ3) is 5.55. The maximum atomic E-state index is 5.10. The summed E-state index contributed by atoms with van der Waals surface area (Å²) in [6, 6.07) is 56.8. The van der Waals surface area contributed by atoms with Crippen molar-refractivity contribution in [2.75, 3.05) is 0 Å². The van der Waals surface area contributed by atoms with Crippen molar-refractivity contribution in [2.45, 2.75) is 0 Å². The highest BCUT2D eigenvalue weighted by Gasteiger charge is 2.13. The molecule has 0 aliphatic heterocycles. The Bertz CT molecular complexity index is 2240. The third-order valence-electron chi connectivity index (χ3n) is 7.95. The average Bonchev–Trinajstić information content (AvgIpc) is 3.57. The van der Waals surface area contributed by atoms with Crippen LogP contribution in [-0.4, -0.2) is 15.0 Å². The zero-order valence-corrected chi connectivity index (χ0v) is 25.2. The molecule has 2 heterocycles. The molecule has 0 unspecified atom stereocenters. The monoisotopic (exact) mass is 593 g/mol. The van der Waals surface area contributed by atoms with Gasteiger partial charge in [0.05, 0.1) is 21.6 Å². The fraction of sp³-hybridized carbons (Fsp3) is 0. The molecule has 4 heteroatoms. The second-order valence-corrected chi connectivity index (χ2v) is 12.0. The normalized spacial score (nSPS) is 11.1. The van der Waals surface area contributed by atoms with Gasteiger partial charge < -0.3 is 0 Å². The molecule has 0 saturated heterocycles. The van der Waals surface area contributed by atoms with Crippen molar-refractivity contribution in [1.29, 1.82) is 0 Å². The summed E-state index contributed by atoms with van der Waals surface area (Å²) in [5.41, 5.74) is 11.6. The molecule has 3 nitrogen and oxygen atoms in total. The fourth-order valence-electron chi connectivity index (χ4n) is 5.59. The summed E-state index contributed by atoms with van der Waals surface area (Å²) in [5.74, 6) is 0.696. The fourth-order valence-corrected chi connectivity index (χ4v) is 6.55. The van der Waals surface area contributed by atoms with Gasteiger partial charge in [-0.05, 0) is 46.5 Å². The quantitative estimate of drug-likeness (QED) is 0.192. The summed E-state index contributed by atoms with van der Waals surface area (Å²) >= 11 is 1.72. The van der Waals surface area contributed by atoms with E-state index in [2.05, 4.69) is 133 Å². The Kier molecular flexibility index (Phi) is 7.02. The van der Waals surface area contributed by atoms with Gasteiger partial charge in [0, 0.05) is 22.3 Å². The highest BCUT2D eigenvalue weighted by atomic mass is 32.1. The van der Waals surface area contributed by atoms with E-state index in [9.17, 15) is 0 Å². The molecule has 0 radical (unpaired) electrons. The van der Waals surface area contributed by atoms with Gasteiger partial charge in [-0.1, -0.05) is 140 Å². The SMILES string of the molecule is c1ccc(-c2ccc(-c3cc(-c4ccccc4)nc(-c4cccc(-c5ccc6sc(-c7ccccc7)nc6c5)c4)n3)cc2)cc1. The lowest BCUT2D eigenvalue weighted by Gasteiger charge is -2.11. The van der Waals surface area contributed by atoms with E-state index >= 15 is 0 Å². The van der Waals surface area contributed by atoms with Gasteiger partial charge in [-0.15, -0.1) is 11.3 Å². The van der Waals surface area contributed by atoms with Gasteiger partial charge in [-0.25, -0.2) is 15.0 Å². The van der Waals surface area contributed by atoms with Crippen LogP contribution in [0.15, 0.2) is 164 Å². The predicted molar refractivity (Wildman–Crippen MR) is 188 cm³/mol. The van der Waals surface area contributed by atoms with Crippen molar-refractivity contribution >= 4 is 21.6 Å². The summed E-state index contributed by atoms with van der Waals surface area (Å²) in [6.07, 6.45) is 0. The van der Waals surface area contributed by atoms with Gasteiger partial charge in [-0.3, -0.25) is 0 Å². The summed E-state index contributed by atoms with van der Waals surface area (Å²) in [7, 11) is 0. The number of fused-ring (bicyclic) bond motifs is 1. The van der Waals surface area contributed by atoms with Gasteiger partial charge in [0.25, 0.3) is 0 Å². The number of rotatable bonds is 6. The first-order valence-corrected chi connectivity index (χ1v) is 15.8. The Morgan fingerprint density at radius 3 is 1.51 bits per heavy atom. The predicted octanol–water partition coefficient (Wildman–Crippen LogP) is 11.1. The van der Waals surface area contributed by atoms with E-state index in [1.54, 1.807) is 11.3 Å². The van der Waals surface area contributed by atoms with E-state index < -0.39 is 0 Å². The molecule has 0 aliphatic rings. The first-order chi connectivity index (χ1) is 22.3. The summed E-state index contributed by atoms with van der Waals surface area (Å²) < 4.78 is 1.18. The van der Waals surface area contributed by atoms with Gasteiger partial charge in [-0.2, -0.15) is 0 Å². The first kappa shape index (κ1) is 26.9. The molecule has 0 bridgehead atoms. The Morgan fingerprint density at radius 1 is 0.333 bits per heavy atom. The smallest absolute Gasteiger partial charge is 0.160 e. The molecule has 0 aliphatic carbocycles. The molecule has 0 fully saturated rings. The van der Waals surface area contributed by atoms with E-state index in [1.807, 2.05) is 30.3 Å². The standard InChI is InChI=1S/C41H27N3S/c1-4-11-28(12-5-1)29-19-21-31(22-20-29)37-27-36(30-13-6-2-7-14-30)42-40(43-37)35-18-10-17-33(25-35)34-23-24-39-38(26-34)44-41(45-39)32-15-8-3-9-16-32/h1-27H. The Balaban J connectivity index is 1.18. The lowest BCUT2D eigenvalue weighted by Crippen LogP contribution is -1.96. The van der Waals surface area contributed by atoms with Crippen molar-refractivity contribution in [3.05, 3.63) is 164 Å². The van der Waals surface area contributed by atoms with E-state index in [1.165, 1.54) is 15.8 Å². The minimum atomic E-state index is 0.696. The Morgan fingerprint density at radius 2 is 0.822 bits per heavy atom. The summed E-state index contributed by atoms with van der Waals surface area (Å²) in [5, 5.41) is 1.03. The second kappa shape index (κ2) is 11.8. The molecule has 6 aromatic carbocycles. The van der Waals surface area contributed by atoms with Gasteiger partial charge in [0.1, 0.15) is 5.01 Å². The van der Waals surface area contributed by atoms with Gasteiger partial charge in [0.15, 0.2) is 5.82 Å². The minimum absolute atomic E-state index is 0.696. The molecule has 0 saturated carbocycles. The number of benzene rings is 6. The molecule has 0 spiro atoms. The van der Waals surface area contributed by atoms with Crippen LogP contribution in [0.3, 0.4) is 0 Å². The van der Waals surface area contributed by atoms with Crippen molar-refractivity contribution in [2.24, 2.45) is 0 Å². The molecule has 0 amide bonds. The molecule has 0 N–H and O–H groups in total. The van der Waals surface area contributed by atoms with Gasteiger partial charge in [0.2, 0.25) is 0 Å². The molecular formula is C41H27N3S.